The minimum atomic E-state index is -0.995. The molecule has 0 saturated carbocycles. The number of unbranched alkanes of at least 4 members (excludes halogenated alkanes) is 1. The lowest BCUT2D eigenvalue weighted by Crippen LogP contribution is -2.09. The van der Waals surface area contributed by atoms with Crippen molar-refractivity contribution in [3.05, 3.63) is 70.3 Å². The summed E-state index contributed by atoms with van der Waals surface area (Å²) in [5, 5.41) is 19.6. The summed E-state index contributed by atoms with van der Waals surface area (Å²) in [6.45, 7) is 2.46. The number of hydrogen-bond donors (Lipinski definition) is 3. The molecule has 0 atom stereocenters. The predicted molar refractivity (Wildman–Crippen MR) is 119 cm³/mol. The number of nitrogens with one attached hydrogen (secondary N) is 1. The fourth-order valence-corrected chi connectivity index (χ4v) is 3.97. The summed E-state index contributed by atoms with van der Waals surface area (Å²) in [6, 6.07) is 12.6. The maximum absolute atomic E-state index is 11.6. The van der Waals surface area contributed by atoms with E-state index in [9.17, 15) is 15.0 Å². The average Bonchev–Trinajstić information content (AvgIpc) is 3.32. The molecule has 0 spiro atoms. The van der Waals surface area contributed by atoms with Crippen LogP contribution in [0.25, 0.3) is 22.4 Å². The summed E-state index contributed by atoms with van der Waals surface area (Å²) < 4.78 is 1.97. The monoisotopic (exact) mass is 438 g/mol. The molecule has 7 nitrogen and oxygen atoms in total. The van der Waals surface area contributed by atoms with Gasteiger partial charge in [0.05, 0.1) is 28.9 Å². The third-order valence-corrected chi connectivity index (χ3v) is 5.61. The Bertz CT molecular complexity index is 1250. The highest BCUT2D eigenvalue weighted by atomic mass is 35.5. The quantitative estimate of drug-likeness (QED) is 0.371. The number of halogens is 1. The third kappa shape index (κ3) is 4.19. The molecule has 31 heavy (non-hydrogen) atoms. The van der Waals surface area contributed by atoms with Crippen molar-refractivity contribution in [1.29, 1.82) is 0 Å². The number of rotatable bonds is 8. The number of aromatic carboxylic acids is 1. The summed E-state index contributed by atoms with van der Waals surface area (Å²) in [5.41, 5.74) is 3.89. The lowest BCUT2D eigenvalue weighted by molar-refractivity contribution is 0.0697. The smallest absolute Gasteiger partial charge is 0.336 e. The number of aromatic amines is 1. The first-order valence-electron chi connectivity index (χ1n) is 10.2. The Morgan fingerprint density at radius 1 is 1.19 bits per heavy atom. The largest absolute Gasteiger partial charge is 0.478 e. The van der Waals surface area contributed by atoms with Crippen molar-refractivity contribution in [3.63, 3.8) is 0 Å². The molecular weight excluding hydrogens is 416 g/mol. The van der Waals surface area contributed by atoms with E-state index in [4.69, 9.17) is 11.6 Å². The van der Waals surface area contributed by atoms with Gasteiger partial charge in [-0.3, -0.25) is 0 Å². The van der Waals surface area contributed by atoms with Crippen LogP contribution in [0.3, 0.4) is 0 Å². The van der Waals surface area contributed by atoms with Gasteiger partial charge in [-0.1, -0.05) is 49.2 Å². The molecule has 0 amide bonds. The minimum absolute atomic E-state index is 0.180. The standard InChI is InChI=1S/C23H23ClN4O3/c1-2-3-8-20-27-21(24)19(13-29)28(20)12-14-9-10-17-18(11-14)26-22(25-17)15-6-4-5-7-16(15)23(30)31/h4-7,9-11,29H,2-3,8,12-13H2,1H3,(H,25,26)(H,30,31). The molecule has 0 radical (unpaired) electrons. The second-order valence-electron chi connectivity index (χ2n) is 7.40. The predicted octanol–water partition coefficient (Wildman–Crippen LogP) is 4.66. The van der Waals surface area contributed by atoms with Gasteiger partial charge in [-0.2, -0.15) is 0 Å². The van der Waals surface area contributed by atoms with Crippen LogP contribution in [0.2, 0.25) is 5.15 Å². The van der Waals surface area contributed by atoms with E-state index in [1.807, 2.05) is 22.8 Å². The molecule has 2 aromatic carbocycles. The first kappa shape index (κ1) is 21.1. The van der Waals surface area contributed by atoms with Gasteiger partial charge >= 0.3 is 5.97 Å². The number of benzene rings is 2. The molecule has 160 valence electrons. The molecule has 0 aliphatic rings. The molecule has 4 aromatic rings. The van der Waals surface area contributed by atoms with Crippen LogP contribution in [0.1, 0.15) is 47.2 Å². The van der Waals surface area contributed by atoms with Gasteiger partial charge in [-0.25, -0.2) is 14.8 Å². The number of carbonyl (C=O) groups is 1. The van der Waals surface area contributed by atoms with Crippen LogP contribution in [-0.4, -0.2) is 35.7 Å². The zero-order valence-electron chi connectivity index (χ0n) is 17.1. The molecule has 0 fully saturated rings. The Morgan fingerprint density at radius 2 is 2.00 bits per heavy atom. The van der Waals surface area contributed by atoms with Gasteiger partial charge in [-0.05, 0) is 30.2 Å². The van der Waals surface area contributed by atoms with E-state index < -0.39 is 5.97 Å². The zero-order valence-corrected chi connectivity index (χ0v) is 17.9. The lowest BCUT2D eigenvalue weighted by Gasteiger charge is -2.11. The van der Waals surface area contributed by atoms with Gasteiger partial charge in [0.1, 0.15) is 11.6 Å². The molecule has 0 saturated heterocycles. The Hall–Kier alpha value is -3.16. The van der Waals surface area contributed by atoms with Crippen LogP contribution in [0.4, 0.5) is 0 Å². The molecule has 4 rings (SSSR count). The summed E-state index contributed by atoms with van der Waals surface area (Å²) in [5.74, 6) is 0.372. The highest BCUT2D eigenvalue weighted by Gasteiger charge is 2.17. The van der Waals surface area contributed by atoms with E-state index in [1.54, 1.807) is 24.3 Å². The maximum atomic E-state index is 11.6. The maximum Gasteiger partial charge on any atom is 0.336 e. The van der Waals surface area contributed by atoms with Gasteiger partial charge in [-0.15, -0.1) is 0 Å². The average molecular weight is 439 g/mol. The highest BCUT2D eigenvalue weighted by Crippen LogP contribution is 2.26. The van der Waals surface area contributed by atoms with Crippen LogP contribution < -0.4 is 0 Å². The second kappa shape index (κ2) is 8.91. The fraction of sp³-hybridized carbons (Fsp3) is 0.261. The minimum Gasteiger partial charge on any atom is -0.478 e. The number of H-pyrrole nitrogens is 1. The van der Waals surface area contributed by atoms with Crippen molar-refractivity contribution in [3.8, 4) is 11.4 Å². The molecule has 2 aromatic heterocycles. The Balaban J connectivity index is 1.70. The van der Waals surface area contributed by atoms with Gasteiger partial charge in [0.15, 0.2) is 5.15 Å². The topological polar surface area (TPSA) is 104 Å². The number of aliphatic hydroxyl groups is 1. The summed E-state index contributed by atoms with van der Waals surface area (Å²) in [7, 11) is 0. The molecule has 0 aliphatic carbocycles. The van der Waals surface area contributed by atoms with Gasteiger partial charge in [0.25, 0.3) is 0 Å². The molecule has 0 unspecified atom stereocenters. The van der Waals surface area contributed by atoms with E-state index in [2.05, 4.69) is 21.9 Å². The van der Waals surface area contributed by atoms with Gasteiger partial charge in [0, 0.05) is 18.5 Å². The van der Waals surface area contributed by atoms with E-state index in [0.717, 1.165) is 41.7 Å². The number of fused-ring (bicyclic) bond motifs is 1. The van der Waals surface area contributed by atoms with Crippen molar-refractivity contribution in [2.75, 3.05) is 0 Å². The number of aliphatic hydroxyl groups excluding tert-OH is 1. The van der Waals surface area contributed by atoms with E-state index >= 15 is 0 Å². The molecular formula is C23H23ClN4O3. The summed E-state index contributed by atoms with van der Waals surface area (Å²) in [4.78, 5) is 23.8. The van der Waals surface area contributed by atoms with Crippen molar-refractivity contribution in [1.82, 2.24) is 19.5 Å². The number of aryl methyl sites for hydroxylation is 1. The number of imidazole rings is 2. The van der Waals surface area contributed by atoms with E-state index in [1.165, 1.54) is 0 Å². The molecule has 8 heteroatoms. The van der Waals surface area contributed by atoms with E-state index in [-0.39, 0.29) is 12.2 Å². The normalized spacial score (nSPS) is 11.3. The van der Waals surface area contributed by atoms with Crippen molar-refractivity contribution >= 4 is 28.6 Å². The van der Waals surface area contributed by atoms with Crippen LogP contribution >= 0.6 is 11.6 Å². The Labute approximate surface area is 184 Å². The van der Waals surface area contributed by atoms with Crippen LogP contribution in [0.15, 0.2) is 42.5 Å². The summed E-state index contributed by atoms with van der Waals surface area (Å²) in [6.07, 6.45) is 2.82. The van der Waals surface area contributed by atoms with E-state index in [0.29, 0.717) is 28.8 Å². The first-order chi connectivity index (χ1) is 15.0. The van der Waals surface area contributed by atoms with Crippen molar-refractivity contribution in [2.24, 2.45) is 0 Å². The fourth-order valence-electron chi connectivity index (χ4n) is 3.71. The van der Waals surface area contributed by atoms with Crippen molar-refractivity contribution < 1.29 is 15.0 Å². The number of carboxylic acids is 1. The number of hydrogen-bond acceptors (Lipinski definition) is 4. The SMILES string of the molecule is CCCCc1nc(Cl)c(CO)n1Cc1ccc2nc(-c3ccccc3C(=O)O)[nH]c2c1. The highest BCUT2D eigenvalue weighted by molar-refractivity contribution is 6.30. The second-order valence-corrected chi connectivity index (χ2v) is 7.76. The number of carboxylic acid groups (broad SMARTS) is 1. The van der Waals surface area contributed by atoms with Crippen LogP contribution in [0.5, 0.6) is 0 Å². The Kier molecular flexibility index (Phi) is 6.06. The number of aromatic nitrogens is 4. The Morgan fingerprint density at radius 3 is 2.74 bits per heavy atom. The molecule has 3 N–H and O–H groups in total. The molecule has 2 heterocycles. The van der Waals surface area contributed by atoms with Crippen LogP contribution in [-0.2, 0) is 19.6 Å². The van der Waals surface area contributed by atoms with Gasteiger partial charge < -0.3 is 19.8 Å². The lowest BCUT2D eigenvalue weighted by atomic mass is 10.1. The van der Waals surface area contributed by atoms with Crippen molar-refractivity contribution in [2.45, 2.75) is 39.3 Å². The third-order valence-electron chi connectivity index (χ3n) is 5.31. The first-order valence-corrected chi connectivity index (χ1v) is 10.6. The molecule has 0 bridgehead atoms. The zero-order chi connectivity index (χ0) is 22.0. The number of nitrogens with zero attached hydrogens (tertiary/aromatic N) is 3. The van der Waals surface area contributed by atoms with Crippen LogP contribution in [0, 0.1) is 0 Å². The molecule has 0 aliphatic heterocycles. The summed E-state index contributed by atoms with van der Waals surface area (Å²) >= 11 is 6.25. The van der Waals surface area contributed by atoms with Gasteiger partial charge in [0.2, 0.25) is 0 Å².